The molecule has 0 bridgehead atoms. The molecule has 17 nitrogen and oxygen atoms in total. The third kappa shape index (κ3) is 71.1. The number of phosphoric ester groups is 2. The molecule has 0 saturated carbocycles. The van der Waals surface area contributed by atoms with E-state index in [1.807, 2.05) is 0 Å². The molecule has 0 radical (unpaired) electrons. The Morgan fingerprint density at radius 2 is 0.490 bits per heavy atom. The normalized spacial score (nSPS) is 14.3. The molecule has 0 aliphatic carbocycles. The van der Waals surface area contributed by atoms with Crippen LogP contribution < -0.4 is 0 Å². The second kappa shape index (κ2) is 68.2. The third-order valence-electron chi connectivity index (χ3n) is 18.7. The quantitative estimate of drug-likeness (QED) is 0.0222. The molecule has 0 saturated heterocycles. The zero-order valence-corrected chi connectivity index (χ0v) is 66.2. The van der Waals surface area contributed by atoms with Crippen molar-refractivity contribution >= 4 is 39.5 Å². The number of hydrogen-bond donors (Lipinski definition) is 3. The van der Waals surface area contributed by atoms with Crippen molar-refractivity contribution in [2.75, 3.05) is 39.6 Å². The van der Waals surface area contributed by atoms with Gasteiger partial charge >= 0.3 is 39.5 Å². The lowest BCUT2D eigenvalue weighted by atomic mass is 9.99. The fraction of sp³-hybridized carbons (Fsp3) is 0.949. The summed E-state index contributed by atoms with van der Waals surface area (Å²) in [5.74, 6) is 0.951. The Bertz CT molecular complexity index is 1920. The van der Waals surface area contributed by atoms with Crippen molar-refractivity contribution in [2.24, 2.45) is 23.7 Å². The minimum absolute atomic E-state index is 0.105. The van der Waals surface area contributed by atoms with Crippen molar-refractivity contribution in [3.63, 3.8) is 0 Å². The van der Waals surface area contributed by atoms with E-state index in [1.54, 1.807) is 0 Å². The molecular formula is C79H154O17P2. The van der Waals surface area contributed by atoms with Crippen molar-refractivity contribution in [1.82, 2.24) is 0 Å². The first-order chi connectivity index (χ1) is 47.1. The van der Waals surface area contributed by atoms with Crippen molar-refractivity contribution in [1.29, 1.82) is 0 Å². The lowest BCUT2D eigenvalue weighted by Gasteiger charge is -2.21. The molecule has 0 heterocycles. The molecule has 0 amide bonds. The van der Waals surface area contributed by atoms with Crippen LogP contribution in [0.25, 0.3) is 0 Å². The minimum atomic E-state index is -4.96. The largest absolute Gasteiger partial charge is 0.472 e. The van der Waals surface area contributed by atoms with Gasteiger partial charge in [0.2, 0.25) is 0 Å². The number of aliphatic hydroxyl groups is 1. The number of unbranched alkanes of at least 4 members (excludes halogenated alkanes) is 41. The monoisotopic (exact) mass is 1440 g/mol. The van der Waals surface area contributed by atoms with Crippen LogP contribution in [0.1, 0.15) is 402 Å². The summed E-state index contributed by atoms with van der Waals surface area (Å²) in [4.78, 5) is 72.9. The topological polar surface area (TPSA) is 237 Å². The number of phosphoric acid groups is 2. The van der Waals surface area contributed by atoms with Crippen LogP contribution in [-0.4, -0.2) is 96.7 Å². The summed E-state index contributed by atoms with van der Waals surface area (Å²) >= 11 is 0. The summed E-state index contributed by atoms with van der Waals surface area (Å²) in [5.41, 5.74) is 0. The molecule has 3 unspecified atom stereocenters. The summed E-state index contributed by atoms with van der Waals surface area (Å²) < 4.78 is 68.6. The lowest BCUT2D eigenvalue weighted by Crippen LogP contribution is -2.30. The van der Waals surface area contributed by atoms with Crippen LogP contribution in [0, 0.1) is 23.7 Å². The Hall–Kier alpha value is -1.94. The minimum Gasteiger partial charge on any atom is -0.462 e. The number of ether oxygens (including phenoxy) is 4. The molecule has 98 heavy (non-hydrogen) atoms. The Morgan fingerprint density at radius 3 is 0.724 bits per heavy atom. The second-order valence-electron chi connectivity index (χ2n) is 30.1. The summed E-state index contributed by atoms with van der Waals surface area (Å²) in [5, 5.41) is 10.6. The first-order valence-electron chi connectivity index (χ1n) is 40.7. The third-order valence-corrected chi connectivity index (χ3v) is 20.6. The van der Waals surface area contributed by atoms with Crippen LogP contribution in [0.3, 0.4) is 0 Å². The van der Waals surface area contributed by atoms with E-state index >= 15 is 0 Å². The molecule has 6 atom stereocenters. The molecular weight excluding hydrogens is 1280 g/mol. The smallest absolute Gasteiger partial charge is 0.462 e. The summed E-state index contributed by atoms with van der Waals surface area (Å²) in [6, 6.07) is 0. The van der Waals surface area contributed by atoms with Gasteiger partial charge in [-0.15, -0.1) is 0 Å². The maximum absolute atomic E-state index is 13.1. The van der Waals surface area contributed by atoms with Crippen LogP contribution in [0.15, 0.2) is 0 Å². The van der Waals surface area contributed by atoms with Crippen molar-refractivity contribution < 1.29 is 80.2 Å². The highest BCUT2D eigenvalue weighted by molar-refractivity contribution is 7.47. The van der Waals surface area contributed by atoms with E-state index in [2.05, 4.69) is 55.4 Å². The van der Waals surface area contributed by atoms with Gasteiger partial charge in [0, 0.05) is 25.7 Å². The Balaban J connectivity index is 5.19. The van der Waals surface area contributed by atoms with Gasteiger partial charge in [-0.25, -0.2) is 9.13 Å². The predicted molar refractivity (Wildman–Crippen MR) is 400 cm³/mol. The van der Waals surface area contributed by atoms with E-state index in [1.165, 1.54) is 199 Å². The fourth-order valence-corrected chi connectivity index (χ4v) is 13.6. The van der Waals surface area contributed by atoms with E-state index < -0.39 is 97.5 Å². The standard InChI is InChI=1S/C79H154O17P2/c1-9-72(8)58-50-42-33-27-23-24-30-36-46-54-62-79(84)96-75(66-90-77(82)60-52-44-38-37-41-49-57-71(6)7)68-94-98(87,88)92-64-73(80)63-91-97(85,86)93-67-74(95-78(83)61-53-45-35-29-22-18-20-26-32-40-48-56-70(4)5)65-89-76(81)59-51-43-34-28-21-17-15-13-11-10-12-14-16-19-25-31-39-47-55-69(2)3/h69-75,80H,9-68H2,1-8H3,(H,85,86)(H,87,88)/t72?,73-,74-,75-/m1/s1. The highest BCUT2D eigenvalue weighted by Gasteiger charge is 2.30. The molecule has 0 spiro atoms. The van der Waals surface area contributed by atoms with Gasteiger partial charge in [0.1, 0.15) is 19.3 Å². The van der Waals surface area contributed by atoms with Gasteiger partial charge in [-0.1, -0.05) is 351 Å². The molecule has 0 aromatic heterocycles. The first kappa shape index (κ1) is 96.1. The molecule has 0 fully saturated rings. The molecule has 0 rings (SSSR count). The number of aliphatic hydroxyl groups excluding tert-OH is 1. The summed E-state index contributed by atoms with van der Waals surface area (Å²) in [6.45, 7) is 14.2. The van der Waals surface area contributed by atoms with Crippen molar-refractivity contribution in [3.8, 4) is 0 Å². The summed E-state index contributed by atoms with van der Waals surface area (Å²) in [7, 11) is -9.92. The van der Waals surface area contributed by atoms with Gasteiger partial charge in [-0.05, 0) is 49.4 Å². The Morgan fingerprint density at radius 1 is 0.286 bits per heavy atom. The molecule has 582 valence electrons. The van der Waals surface area contributed by atoms with E-state index in [9.17, 15) is 43.2 Å². The van der Waals surface area contributed by atoms with Gasteiger partial charge in [0.15, 0.2) is 12.2 Å². The molecule has 0 aliphatic rings. The molecule has 0 aromatic carbocycles. The fourth-order valence-electron chi connectivity index (χ4n) is 12.0. The lowest BCUT2D eigenvalue weighted by molar-refractivity contribution is -0.161. The van der Waals surface area contributed by atoms with Gasteiger partial charge in [0.05, 0.1) is 26.4 Å². The van der Waals surface area contributed by atoms with Gasteiger partial charge < -0.3 is 33.8 Å². The van der Waals surface area contributed by atoms with Gasteiger partial charge in [-0.2, -0.15) is 0 Å². The number of hydrogen-bond acceptors (Lipinski definition) is 15. The maximum Gasteiger partial charge on any atom is 0.472 e. The SMILES string of the molecule is CCC(C)CCCCCCCCCCCCC(=O)O[C@H](COC(=O)CCCCCCCCC(C)C)COP(=O)(O)OC[C@H](O)COP(=O)(O)OC[C@@H](COC(=O)CCCCCCCCCCCCCCCCCCCCC(C)C)OC(=O)CCCCCCCCCCCCCC(C)C. The van der Waals surface area contributed by atoms with Crippen LogP contribution in [0.5, 0.6) is 0 Å². The predicted octanol–water partition coefficient (Wildman–Crippen LogP) is 23.2. The second-order valence-corrected chi connectivity index (χ2v) is 33.0. The van der Waals surface area contributed by atoms with Crippen molar-refractivity contribution in [3.05, 3.63) is 0 Å². The molecule has 19 heteroatoms. The maximum atomic E-state index is 13.1. The highest BCUT2D eigenvalue weighted by Crippen LogP contribution is 2.45. The zero-order valence-electron chi connectivity index (χ0n) is 64.4. The van der Waals surface area contributed by atoms with E-state index in [0.29, 0.717) is 31.6 Å². The van der Waals surface area contributed by atoms with E-state index in [4.69, 9.17) is 37.0 Å². The van der Waals surface area contributed by atoms with E-state index in [0.717, 1.165) is 114 Å². The Labute approximate surface area is 600 Å². The van der Waals surface area contributed by atoms with E-state index in [-0.39, 0.29) is 25.7 Å². The molecule has 3 N–H and O–H groups in total. The number of rotatable bonds is 76. The zero-order chi connectivity index (χ0) is 72.4. The van der Waals surface area contributed by atoms with Crippen LogP contribution in [-0.2, 0) is 65.4 Å². The van der Waals surface area contributed by atoms with Gasteiger partial charge in [-0.3, -0.25) is 37.3 Å². The molecule has 0 aliphatic heterocycles. The highest BCUT2D eigenvalue weighted by atomic mass is 31.2. The number of carbonyl (C=O) groups excluding carboxylic acids is 4. The van der Waals surface area contributed by atoms with Crippen molar-refractivity contribution in [2.45, 2.75) is 420 Å². The number of esters is 4. The average molecular weight is 1440 g/mol. The van der Waals surface area contributed by atoms with Gasteiger partial charge in [0.25, 0.3) is 0 Å². The molecule has 0 aromatic rings. The Kier molecular flexibility index (Phi) is 66.8. The van der Waals surface area contributed by atoms with Crippen LogP contribution in [0.2, 0.25) is 0 Å². The average Bonchev–Trinajstić information content (AvgIpc) is 1.08. The summed E-state index contributed by atoms with van der Waals surface area (Å²) in [6.07, 6.45) is 54.3. The first-order valence-corrected chi connectivity index (χ1v) is 43.7. The van der Waals surface area contributed by atoms with Crippen LogP contribution in [0.4, 0.5) is 0 Å². The number of carbonyl (C=O) groups is 4. The van der Waals surface area contributed by atoms with Crippen LogP contribution >= 0.6 is 15.6 Å².